The average Bonchev–Trinajstić information content (AvgIpc) is 2.43. The Hall–Kier alpha value is -1.15. The van der Waals surface area contributed by atoms with Crippen LogP contribution < -0.4 is 10.5 Å². The summed E-state index contributed by atoms with van der Waals surface area (Å²) in [4.78, 5) is 10.3. The summed E-state index contributed by atoms with van der Waals surface area (Å²) in [6.45, 7) is 0.262. The third kappa shape index (κ3) is 3.74. The number of rotatable bonds is 4. The molecule has 0 amide bonds. The van der Waals surface area contributed by atoms with Crippen LogP contribution in [0.2, 0.25) is 5.02 Å². The molecule has 0 aromatic heterocycles. The van der Waals surface area contributed by atoms with Gasteiger partial charge in [0.15, 0.2) is 5.75 Å². The molecule has 0 aliphatic carbocycles. The van der Waals surface area contributed by atoms with Gasteiger partial charge in [0.05, 0.1) is 13.9 Å². The van der Waals surface area contributed by atoms with Crippen LogP contribution in [0.1, 0.15) is 5.56 Å². The number of nitrogens with zero attached hydrogens (tertiary/aromatic N) is 1. The van der Waals surface area contributed by atoms with E-state index in [1.165, 1.54) is 12.1 Å². The van der Waals surface area contributed by atoms with Crippen molar-refractivity contribution in [3.8, 4) is 11.5 Å². The lowest BCUT2D eigenvalue weighted by atomic mass is 10.2. The van der Waals surface area contributed by atoms with E-state index in [9.17, 15) is 10.1 Å². The van der Waals surface area contributed by atoms with Gasteiger partial charge in [0.1, 0.15) is 5.75 Å². The van der Waals surface area contributed by atoms with Crippen LogP contribution in [0, 0.1) is 10.1 Å². The highest BCUT2D eigenvalue weighted by molar-refractivity contribution is 9.11. The first kappa shape index (κ1) is 16.2. The lowest BCUT2D eigenvalue weighted by Crippen LogP contribution is -2.00. The Morgan fingerprint density at radius 2 is 1.86 bits per heavy atom. The van der Waals surface area contributed by atoms with Crippen molar-refractivity contribution in [3.05, 3.63) is 60.0 Å². The van der Waals surface area contributed by atoms with Gasteiger partial charge in [0.25, 0.3) is 5.69 Å². The monoisotopic (exact) mass is 434 g/mol. The van der Waals surface area contributed by atoms with Crippen LogP contribution in [0.15, 0.2) is 39.3 Å². The van der Waals surface area contributed by atoms with Crippen LogP contribution in [0.4, 0.5) is 5.69 Å². The molecule has 0 saturated heterocycles. The van der Waals surface area contributed by atoms with Gasteiger partial charge in [-0.1, -0.05) is 11.6 Å². The molecular formula is C13H9Br2ClN2O3. The van der Waals surface area contributed by atoms with Gasteiger partial charge in [-0.15, -0.1) is 0 Å². The third-order valence-corrected chi connectivity index (χ3v) is 4.06. The number of nitro groups is 1. The predicted molar refractivity (Wildman–Crippen MR) is 87.9 cm³/mol. The number of hydrogen-bond donors (Lipinski definition) is 1. The van der Waals surface area contributed by atoms with Gasteiger partial charge in [-0.25, -0.2) is 0 Å². The molecule has 0 radical (unpaired) electrons. The molecular weight excluding hydrogens is 427 g/mol. The van der Waals surface area contributed by atoms with Gasteiger partial charge < -0.3 is 10.5 Å². The van der Waals surface area contributed by atoms with Crippen LogP contribution >= 0.6 is 43.5 Å². The molecule has 0 atom stereocenters. The summed E-state index contributed by atoms with van der Waals surface area (Å²) in [7, 11) is 0. The van der Waals surface area contributed by atoms with Crippen molar-refractivity contribution in [2.75, 3.05) is 0 Å². The minimum Gasteiger partial charge on any atom is -0.455 e. The Morgan fingerprint density at radius 1 is 1.24 bits per heavy atom. The summed E-state index contributed by atoms with van der Waals surface area (Å²) in [5.74, 6) is 0.967. The van der Waals surface area contributed by atoms with Crippen LogP contribution in [-0.2, 0) is 6.54 Å². The summed E-state index contributed by atoms with van der Waals surface area (Å²) in [5.41, 5.74) is 6.35. The summed E-state index contributed by atoms with van der Waals surface area (Å²) >= 11 is 12.4. The van der Waals surface area contributed by atoms with E-state index in [1.54, 1.807) is 18.2 Å². The normalized spacial score (nSPS) is 10.5. The molecule has 0 fully saturated rings. The van der Waals surface area contributed by atoms with Crippen molar-refractivity contribution in [2.45, 2.75) is 6.54 Å². The zero-order valence-electron chi connectivity index (χ0n) is 10.5. The Kier molecular flexibility index (Phi) is 5.21. The zero-order chi connectivity index (χ0) is 15.6. The number of nitrogens with two attached hydrogens (primary N) is 1. The molecule has 2 aromatic carbocycles. The highest BCUT2D eigenvalue weighted by Gasteiger charge is 2.16. The van der Waals surface area contributed by atoms with E-state index >= 15 is 0 Å². The number of halogens is 3. The molecule has 0 aliphatic heterocycles. The third-order valence-electron chi connectivity index (χ3n) is 2.65. The molecule has 0 spiro atoms. The molecule has 2 rings (SSSR count). The Balaban J connectivity index is 2.43. The topological polar surface area (TPSA) is 78.4 Å². The first-order valence-corrected chi connectivity index (χ1v) is 7.68. The van der Waals surface area contributed by atoms with Crippen molar-refractivity contribution in [1.82, 2.24) is 0 Å². The molecule has 0 unspecified atom stereocenters. The lowest BCUT2D eigenvalue weighted by molar-refractivity contribution is -0.385. The van der Waals surface area contributed by atoms with E-state index in [-0.39, 0.29) is 12.2 Å². The molecule has 0 saturated carbocycles. The van der Waals surface area contributed by atoms with Gasteiger partial charge in [0.2, 0.25) is 0 Å². The standard InChI is InChI=1S/C13H9Br2ClN2O3/c14-10-4-9(18(19)20)5-11(15)13(10)21-12-2-1-8(16)3-7(12)6-17/h1-5H,6,17H2. The molecule has 0 bridgehead atoms. The maximum absolute atomic E-state index is 10.8. The molecule has 5 nitrogen and oxygen atoms in total. The maximum Gasteiger partial charge on any atom is 0.271 e. The number of nitro benzene ring substituents is 1. The Morgan fingerprint density at radius 3 is 2.38 bits per heavy atom. The largest absolute Gasteiger partial charge is 0.455 e. The Labute approximate surface area is 142 Å². The van der Waals surface area contributed by atoms with Crippen LogP contribution in [0.5, 0.6) is 11.5 Å². The minimum atomic E-state index is -0.479. The molecule has 2 aromatic rings. The summed E-state index contributed by atoms with van der Waals surface area (Å²) < 4.78 is 6.72. The summed E-state index contributed by atoms with van der Waals surface area (Å²) in [5, 5.41) is 11.4. The van der Waals surface area contributed by atoms with E-state index in [1.807, 2.05) is 0 Å². The second kappa shape index (κ2) is 6.74. The lowest BCUT2D eigenvalue weighted by Gasteiger charge is -2.13. The smallest absolute Gasteiger partial charge is 0.271 e. The number of ether oxygens (including phenoxy) is 1. The van der Waals surface area contributed by atoms with E-state index < -0.39 is 4.92 Å². The van der Waals surface area contributed by atoms with Crippen molar-refractivity contribution in [2.24, 2.45) is 5.73 Å². The SMILES string of the molecule is NCc1cc(Cl)ccc1Oc1c(Br)cc([N+](=O)[O-])cc1Br. The fraction of sp³-hybridized carbons (Fsp3) is 0.0769. The summed E-state index contributed by atoms with van der Waals surface area (Å²) in [6.07, 6.45) is 0. The van der Waals surface area contributed by atoms with Gasteiger partial charge in [0, 0.05) is 29.3 Å². The first-order chi connectivity index (χ1) is 9.92. The Bertz CT molecular complexity index is 687. The van der Waals surface area contributed by atoms with E-state index in [0.29, 0.717) is 25.5 Å². The summed E-state index contributed by atoms with van der Waals surface area (Å²) in [6, 6.07) is 7.84. The van der Waals surface area contributed by atoms with E-state index in [2.05, 4.69) is 31.9 Å². The quantitative estimate of drug-likeness (QED) is 0.539. The highest BCUT2D eigenvalue weighted by atomic mass is 79.9. The van der Waals surface area contributed by atoms with Crippen molar-refractivity contribution in [1.29, 1.82) is 0 Å². The van der Waals surface area contributed by atoms with Gasteiger partial charge in [-0.2, -0.15) is 0 Å². The van der Waals surface area contributed by atoms with Crippen LogP contribution in [0.25, 0.3) is 0 Å². The first-order valence-electron chi connectivity index (χ1n) is 5.72. The minimum absolute atomic E-state index is 0.0451. The molecule has 8 heteroatoms. The fourth-order valence-corrected chi connectivity index (χ4v) is 3.19. The number of non-ortho nitro benzene ring substituents is 1. The maximum atomic E-state index is 10.8. The fourth-order valence-electron chi connectivity index (χ4n) is 1.67. The van der Waals surface area contributed by atoms with Gasteiger partial charge in [-0.3, -0.25) is 10.1 Å². The van der Waals surface area contributed by atoms with Crippen LogP contribution in [0.3, 0.4) is 0 Å². The van der Waals surface area contributed by atoms with E-state index in [4.69, 9.17) is 22.1 Å². The van der Waals surface area contributed by atoms with Gasteiger partial charge in [-0.05, 0) is 50.1 Å². The van der Waals surface area contributed by atoms with E-state index in [0.717, 1.165) is 5.56 Å². The molecule has 110 valence electrons. The molecule has 21 heavy (non-hydrogen) atoms. The predicted octanol–water partition coefficient (Wildman–Crippen LogP) is 5.02. The van der Waals surface area contributed by atoms with Crippen molar-refractivity contribution in [3.63, 3.8) is 0 Å². The number of hydrogen-bond acceptors (Lipinski definition) is 4. The second-order valence-electron chi connectivity index (χ2n) is 4.05. The number of benzene rings is 2. The zero-order valence-corrected chi connectivity index (χ0v) is 14.4. The van der Waals surface area contributed by atoms with Crippen LogP contribution in [-0.4, -0.2) is 4.92 Å². The highest BCUT2D eigenvalue weighted by Crippen LogP contribution is 2.40. The second-order valence-corrected chi connectivity index (χ2v) is 6.20. The molecule has 0 aliphatic rings. The average molecular weight is 436 g/mol. The van der Waals surface area contributed by atoms with Crippen molar-refractivity contribution < 1.29 is 9.66 Å². The van der Waals surface area contributed by atoms with Crippen molar-refractivity contribution >= 4 is 49.1 Å². The molecule has 0 heterocycles. The molecule has 2 N–H and O–H groups in total. The van der Waals surface area contributed by atoms with Gasteiger partial charge >= 0.3 is 0 Å².